The molecule has 0 bridgehead atoms. The molecule has 2 N–H and O–H groups in total. The van der Waals surface area contributed by atoms with E-state index in [1.165, 1.54) is 19.2 Å². The zero-order valence-electron chi connectivity index (χ0n) is 17.8. The lowest BCUT2D eigenvalue weighted by Crippen LogP contribution is -2.57. The monoisotopic (exact) mass is 422 g/mol. The third kappa shape index (κ3) is 3.29. The number of aryl methyl sites for hydroxylation is 1. The molecular weight excluding hydrogens is 396 g/mol. The van der Waals surface area contributed by atoms with E-state index in [1.54, 1.807) is 19.1 Å². The molecule has 4 atom stereocenters. The molecule has 7 heteroatoms. The second kappa shape index (κ2) is 7.81. The predicted molar refractivity (Wildman–Crippen MR) is 113 cm³/mol. The molecule has 2 saturated heterocycles. The van der Waals surface area contributed by atoms with Gasteiger partial charge >= 0.3 is 5.97 Å². The summed E-state index contributed by atoms with van der Waals surface area (Å²) in [6.45, 7) is 3.81. The maximum absolute atomic E-state index is 13.4. The smallest absolute Gasteiger partial charge is 0.327 e. The van der Waals surface area contributed by atoms with E-state index >= 15 is 0 Å². The van der Waals surface area contributed by atoms with Gasteiger partial charge in [-0.2, -0.15) is 0 Å². The van der Waals surface area contributed by atoms with E-state index in [-0.39, 0.29) is 30.6 Å². The standard InChI is InChI=1S/C24H26N2O5/c1-4-31-23(30)24(13-15-9-11-16(27)12-10-15)19-18(21(28)26(3)22(19)29)20(25-24)17-8-6-5-7-14(17)2/h5-12,18-20,25,27H,4,13H2,1-3H3. The van der Waals surface area contributed by atoms with Gasteiger partial charge in [-0.3, -0.25) is 24.6 Å². The number of aromatic hydroxyl groups is 1. The summed E-state index contributed by atoms with van der Waals surface area (Å²) in [6, 6.07) is 13.6. The quantitative estimate of drug-likeness (QED) is 0.566. The lowest BCUT2D eigenvalue weighted by atomic mass is 9.76. The predicted octanol–water partition coefficient (Wildman–Crippen LogP) is 2.12. The Bertz CT molecular complexity index is 1030. The minimum atomic E-state index is -1.40. The van der Waals surface area contributed by atoms with Crippen LogP contribution in [0.15, 0.2) is 48.5 Å². The fraction of sp³-hybridized carbons (Fsp3) is 0.375. The number of likely N-dealkylation sites (tertiary alicyclic amines) is 1. The van der Waals surface area contributed by atoms with Gasteiger partial charge in [0, 0.05) is 19.5 Å². The number of rotatable bonds is 5. The maximum atomic E-state index is 13.4. The summed E-state index contributed by atoms with van der Waals surface area (Å²) in [6.07, 6.45) is 0.155. The zero-order chi connectivity index (χ0) is 22.3. The molecule has 2 aliphatic rings. The van der Waals surface area contributed by atoms with Crippen LogP contribution in [0.1, 0.15) is 29.7 Å². The summed E-state index contributed by atoms with van der Waals surface area (Å²) in [5, 5.41) is 13.0. The Labute approximate surface area is 181 Å². The number of nitrogens with one attached hydrogen (secondary N) is 1. The van der Waals surface area contributed by atoms with Crippen LogP contribution < -0.4 is 5.32 Å². The molecule has 0 spiro atoms. The van der Waals surface area contributed by atoms with Crippen LogP contribution >= 0.6 is 0 Å². The van der Waals surface area contributed by atoms with Crippen LogP contribution in [0.25, 0.3) is 0 Å². The first kappa shape index (κ1) is 21.1. The number of esters is 1. The minimum absolute atomic E-state index is 0.107. The number of phenolic OH excluding ortho intramolecular Hbond substituents is 1. The summed E-state index contributed by atoms with van der Waals surface area (Å²) >= 11 is 0. The van der Waals surface area contributed by atoms with Gasteiger partial charge in [0.15, 0.2) is 0 Å². The summed E-state index contributed by atoms with van der Waals surface area (Å²) in [7, 11) is 1.47. The molecule has 4 rings (SSSR count). The molecule has 0 saturated carbocycles. The maximum Gasteiger partial charge on any atom is 0.327 e. The summed E-state index contributed by atoms with van der Waals surface area (Å²) in [4.78, 5) is 40.9. The Balaban J connectivity index is 1.87. The van der Waals surface area contributed by atoms with Gasteiger partial charge in [-0.1, -0.05) is 36.4 Å². The van der Waals surface area contributed by atoms with Gasteiger partial charge in [-0.15, -0.1) is 0 Å². The summed E-state index contributed by atoms with van der Waals surface area (Å²) in [5.41, 5.74) is 1.20. The fourth-order valence-corrected chi connectivity index (χ4v) is 4.97. The number of fused-ring (bicyclic) bond motifs is 1. The van der Waals surface area contributed by atoms with E-state index in [4.69, 9.17) is 4.74 Å². The molecule has 2 heterocycles. The van der Waals surface area contributed by atoms with Gasteiger partial charge in [-0.05, 0) is 42.7 Å². The van der Waals surface area contributed by atoms with Gasteiger partial charge in [-0.25, -0.2) is 0 Å². The first-order valence-corrected chi connectivity index (χ1v) is 10.4. The van der Waals surface area contributed by atoms with Gasteiger partial charge in [0.2, 0.25) is 11.8 Å². The van der Waals surface area contributed by atoms with Crippen LogP contribution in [-0.2, 0) is 25.5 Å². The van der Waals surface area contributed by atoms with E-state index in [0.717, 1.165) is 21.6 Å². The van der Waals surface area contributed by atoms with Crippen LogP contribution in [0.3, 0.4) is 0 Å². The van der Waals surface area contributed by atoms with Gasteiger partial charge < -0.3 is 9.84 Å². The molecule has 7 nitrogen and oxygen atoms in total. The highest BCUT2D eigenvalue weighted by Crippen LogP contribution is 2.50. The largest absolute Gasteiger partial charge is 0.508 e. The second-order valence-electron chi connectivity index (χ2n) is 8.25. The number of ether oxygens (including phenoxy) is 1. The van der Waals surface area contributed by atoms with Crippen LogP contribution in [0.5, 0.6) is 5.75 Å². The molecule has 2 fully saturated rings. The van der Waals surface area contributed by atoms with Crippen molar-refractivity contribution in [1.82, 2.24) is 10.2 Å². The Morgan fingerprint density at radius 1 is 1.13 bits per heavy atom. The van der Waals surface area contributed by atoms with E-state index in [9.17, 15) is 19.5 Å². The average Bonchev–Trinajstić information content (AvgIpc) is 3.20. The van der Waals surface area contributed by atoms with Crippen LogP contribution in [-0.4, -0.2) is 47.0 Å². The number of hydrogen-bond acceptors (Lipinski definition) is 6. The fourth-order valence-electron chi connectivity index (χ4n) is 4.97. The van der Waals surface area contributed by atoms with Crippen molar-refractivity contribution in [2.45, 2.75) is 31.8 Å². The molecule has 2 aromatic carbocycles. The van der Waals surface area contributed by atoms with Crippen molar-refractivity contribution in [3.05, 3.63) is 65.2 Å². The van der Waals surface area contributed by atoms with E-state index in [0.29, 0.717) is 0 Å². The zero-order valence-corrected chi connectivity index (χ0v) is 17.8. The van der Waals surface area contributed by atoms with Crippen LogP contribution in [0.2, 0.25) is 0 Å². The Morgan fingerprint density at radius 3 is 2.45 bits per heavy atom. The number of carbonyl (C=O) groups excluding carboxylic acids is 3. The van der Waals surface area contributed by atoms with E-state index < -0.39 is 29.4 Å². The van der Waals surface area contributed by atoms with Crippen molar-refractivity contribution in [2.75, 3.05) is 13.7 Å². The topological polar surface area (TPSA) is 95.9 Å². The van der Waals surface area contributed by atoms with Crippen molar-refractivity contribution in [2.24, 2.45) is 11.8 Å². The van der Waals surface area contributed by atoms with Crippen LogP contribution in [0.4, 0.5) is 0 Å². The number of hydrogen-bond donors (Lipinski definition) is 2. The van der Waals surface area contributed by atoms with Crippen molar-refractivity contribution in [3.63, 3.8) is 0 Å². The second-order valence-corrected chi connectivity index (χ2v) is 8.25. The summed E-state index contributed by atoms with van der Waals surface area (Å²) in [5.74, 6) is -2.72. The van der Waals surface area contributed by atoms with Crippen molar-refractivity contribution >= 4 is 17.8 Å². The lowest BCUT2D eigenvalue weighted by Gasteiger charge is -2.33. The SMILES string of the molecule is CCOC(=O)C1(Cc2ccc(O)cc2)NC(c2ccccc2C)C2C(=O)N(C)C(=O)C21. The highest BCUT2D eigenvalue weighted by molar-refractivity contribution is 6.09. The Hall–Kier alpha value is -3.19. The number of phenols is 1. The molecule has 0 aromatic heterocycles. The highest BCUT2D eigenvalue weighted by Gasteiger charge is 2.68. The van der Waals surface area contributed by atoms with Gasteiger partial charge in [0.1, 0.15) is 11.3 Å². The minimum Gasteiger partial charge on any atom is -0.508 e. The number of benzene rings is 2. The molecule has 162 valence electrons. The summed E-state index contributed by atoms with van der Waals surface area (Å²) < 4.78 is 5.43. The molecule has 2 amide bonds. The number of nitrogens with zero attached hydrogens (tertiary/aromatic N) is 1. The Morgan fingerprint density at radius 2 is 1.81 bits per heavy atom. The molecule has 0 radical (unpaired) electrons. The molecule has 31 heavy (non-hydrogen) atoms. The van der Waals surface area contributed by atoms with Crippen molar-refractivity contribution < 1.29 is 24.2 Å². The van der Waals surface area contributed by atoms with Gasteiger partial charge in [0.05, 0.1) is 18.4 Å². The average molecular weight is 422 g/mol. The number of amides is 2. The molecular formula is C24H26N2O5. The third-order valence-corrected chi connectivity index (χ3v) is 6.46. The normalized spacial score (nSPS) is 27.5. The Kier molecular flexibility index (Phi) is 5.31. The highest BCUT2D eigenvalue weighted by atomic mass is 16.5. The van der Waals surface area contributed by atoms with E-state index in [2.05, 4.69) is 5.32 Å². The van der Waals surface area contributed by atoms with Gasteiger partial charge in [0.25, 0.3) is 0 Å². The third-order valence-electron chi connectivity index (χ3n) is 6.46. The molecule has 2 aliphatic heterocycles. The van der Waals surface area contributed by atoms with Crippen molar-refractivity contribution in [3.8, 4) is 5.75 Å². The van der Waals surface area contributed by atoms with Crippen molar-refractivity contribution in [1.29, 1.82) is 0 Å². The first-order valence-electron chi connectivity index (χ1n) is 10.4. The molecule has 0 aliphatic carbocycles. The van der Waals surface area contributed by atoms with Crippen LogP contribution in [0, 0.1) is 18.8 Å². The molecule has 4 unspecified atom stereocenters. The first-order chi connectivity index (χ1) is 14.8. The number of carbonyl (C=O) groups is 3. The van der Waals surface area contributed by atoms with E-state index in [1.807, 2.05) is 31.2 Å². The number of imide groups is 1. The molecule has 2 aromatic rings. The lowest BCUT2D eigenvalue weighted by molar-refractivity contribution is -0.156.